The van der Waals surface area contributed by atoms with E-state index in [4.69, 9.17) is 9.98 Å². The lowest BCUT2D eigenvalue weighted by atomic mass is 9.92. The molecule has 29 heavy (non-hydrogen) atoms. The maximum absolute atomic E-state index is 5.21. The quantitative estimate of drug-likeness (QED) is 0.357. The number of fused-ring (bicyclic) bond motifs is 1. The lowest BCUT2D eigenvalue weighted by molar-refractivity contribution is 0.577. The van der Waals surface area contributed by atoms with Crippen molar-refractivity contribution in [2.24, 2.45) is 17.0 Å². The number of aryl methyl sites for hydroxylation is 1. The SMILES string of the molecule is Cn1cc(C2=N[C@H](c3ccccc3)[C@@H](c3ccccc3)N=C2)c2cc(Br)ccc21. The Hall–Kier alpha value is -2.98. The van der Waals surface area contributed by atoms with Crippen LogP contribution in [0.25, 0.3) is 10.9 Å². The van der Waals surface area contributed by atoms with Crippen molar-refractivity contribution < 1.29 is 0 Å². The van der Waals surface area contributed by atoms with Crippen LogP contribution in [0, 0.1) is 0 Å². The third-order valence-electron chi connectivity index (χ3n) is 5.44. The zero-order valence-corrected chi connectivity index (χ0v) is 17.6. The molecule has 0 radical (unpaired) electrons. The second kappa shape index (κ2) is 7.45. The molecule has 2 heterocycles. The molecular formula is C25H20BrN3. The van der Waals surface area contributed by atoms with Crippen molar-refractivity contribution in [3.8, 4) is 0 Å². The maximum Gasteiger partial charge on any atom is 0.102 e. The first-order valence-electron chi connectivity index (χ1n) is 9.66. The first kappa shape index (κ1) is 18.1. The largest absolute Gasteiger partial charge is 0.350 e. The molecule has 4 heteroatoms. The average Bonchev–Trinajstić information content (AvgIpc) is 3.10. The number of nitrogens with zero attached hydrogens (tertiary/aromatic N) is 3. The number of rotatable bonds is 3. The van der Waals surface area contributed by atoms with Crippen LogP contribution in [-0.4, -0.2) is 16.5 Å². The Labute approximate surface area is 178 Å². The zero-order chi connectivity index (χ0) is 19.8. The van der Waals surface area contributed by atoms with Gasteiger partial charge < -0.3 is 4.57 Å². The monoisotopic (exact) mass is 441 g/mol. The molecule has 3 aromatic carbocycles. The minimum atomic E-state index is -0.0546. The molecule has 0 saturated heterocycles. The van der Waals surface area contributed by atoms with Crippen LogP contribution in [0.2, 0.25) is 0 Å². The van der Waals surface area contributed by atoms with Gasteiger partial charge in [0.1, 0.15) is 12.1 Å². The smallest absolute Gasteiger partial charge is 0.102 e. The maximum atomic E-state index is 5.21. The fourth-order valence-electron chi connectivity index (χ4n) is 4.02. The summed E-state index contributed by atoms with van der Waals surface area (Å²) in [5, 5.41) is 1.18. The number of benzene rings is 3. The normalized spacial score (nSPS) is 18.8. The predicted molar refractivity (Wildman–Crippen MR) is 124 cm³/mol. The molecule has 0 unspecified atom stereocenters. The fraction of sp³-hybridized carbons (Fsp3) is 0.120. The Balaban J connectivity index is 1.65. The van der Waals surface area contributed by atoms with Gasteiger partial charge in [-0.15, -0.1) is 0 Å². The molecule has 1 aliphatic rings. The van der Waals surface area contributed by atoms with E-state index in [2.05, 4.69) is 100 Å². The first-order chi connectivity index (χ1) is 14.2. The van der Waals surface area contributed by atoms with E-state index < -0.39 is 0 Å². The van der Waals surface area contributed by atoms with Gasteiger partial charge in [0, 0.05) is 40.4 Å². The Morgan fingerprint density at radius 2 is 1.48 bits per heavy atom. The molecule has 1 aromatic heterocycles. The molecule has 5 rings (SSSR count). The van der Waals surface area contributed by atoms with Gasteiger partial charge in [-0.3, -0.25) is 9.98 Å². The predicted octanol–water partition coefficient (Wildman–Crippen LogP) is 6.30. The van der Waals surface area contributed by atoms with Crippen LogP contribution >= 0.6 is 15.9 Å². The van der Waals surface area contributed by atoms with Gasteiger partial charge in [-0.05, 0) is 29.3 Å². The summed E-state index contributed by atoms with van der Waals surface area (Å²) in [6, 6.07) is 27.2. The van der Waals surface area contributed by atoms with E-state index in [9.17, 15) is 0 Å². The molecule has 0 amide bonds. The molecule has 1 aliphatic heterocycles. The second-order valence-corrected chi connectivity index (χ2v) is 8.23. The van der Waals surface area contributed by atoms with Crippen LogP contribution in [0.3, 0.4) is 0 Å². The number of hydrogen-bond acceptors (Lipinski definition) is 2. The zero-order valence-electron chi connectivity index (χ0n) is 16.0. The van der Waals surface area contributed by atoms with Gasteiger partial charge in [0.15, 0.2) is 0 Å². The number of hydrogen-bond donors (Lipinski definition) is 0. The van der Waals surface area contributed by atoms with Crippen molar-refractivity contribution in [3.63, 3.8) is 0 Å². The van der Waals surface area contributed by atoms with Crippen LogP contribution in [0.15, 0.2) is 99.5 Å². The highest BCUT2D eigenvalue weighted by Gasteiger charge is 2.28. The van der Waals surface area contributed by atoms with Crippen molar-refractivity contribution in [1.82, 2.24) is 4.57 Å². The van der Waals surface area contributed by atoms with Crippen molar-refractivity contribution in [2.75, 3.05) is 0 Å². The van der Waals surface area contributed by atoms with E-state index in [1.54, 1.807) is 0 Å². The molecule has 0 bridgehead atoms. The van der Waals surface area contributed by atoms with E-state index in [0.29, 0.717) is 0 Å². The third-order valence-corrected chi connectivity index (χ3v) is 5.94. The Kier molecular flexibility index (Phi) is 4.64. The van der Waals surface area contributed by atoms with E-state index in [-0.39, 0.29) is 12.1 Å². The molecular weight excluding hydrogens is 422 g/mol. The van der Waals surface area contributed by atoms with Gasteiger partial charge in [-0.1, -0.05) is 76.6 Å². The van der Waals surface area contributed by atoms with E-state index in [1.165, 1.54) is 22.0 Å². The summed E-state index contributed by atoms with van der Waals surface area (Å²) in [7, 11) is 2.07. The Morgan fingerprint density at radius 3 is 2.17 bits per heavy atom. The van der Waals surface area contributed by atoms with Gasteiger partial charge in [0.2, 0.25) is 0 Å². The van der Waals surface area contributed by atoms with Crippen molar-refractivity contribution in [2.45, 2.75) is 12.1 Å². The highest BCUT2D eigenvalue weighted by molar-refractivity contribution is 9.10. The molecule has 142 valence electrons. The molecule has 0 aliphatic carbocycles. The van der Waals surface area contributed by atoms with Gasteiger partial charge in [0.05, 0.1) is 5.71 Å². The van der Waals surface area contributed by atoms with Crippen LogP contribution < -0.4 is 0 Å². The molecule has 0 spiro atoms. The third kappa shape index (κ3) is 3.34. The molecule has 4 aromatic rings. The first-order valence-corrected chi connectivity index (χ1v) is 10.5. The van der Waals surface area contributed by atoms with E-state index in [0.717, 1.165) is 15.7 Å². The minimum Gasteiger partial charge on any atom is -0.350 e. The summed E-state index contributed by atoms with van der Waals surface area (Å²) in [6.45, 7) is 0. The van der Waals surface area contributed by atoms with E-state index in [1.807, 2.05) is 18.3 Å². The summed E-state index contributed by atoms with van der Waals surface area (Å²) in [6.07, 6.45) is 4.08. The minimum absolute atomic E-state index is 0.0240. The van der Waals surface area contributed by atoms with Crippen molar-refractivity contribution >= 4 is 38.8 Å². The standard InChI is InChI=1S/C25H20BrN3/c1-29-16-21(20-14-19(26)12-13-23(20)29)22-15-27-24(17-8-4-2-5-9-17)25(28-22)18-10-6-3-7-11-18/h2-16,24-25H,1H3/t24-,25-/m1/s1. The van der Waals surface area contributed by atoms with Gasteiger partial charge in [0.25, 0.3) is 0 Å². The molecule has 2 atom stereocenters. The highest BCUT2D eigenvalue weighted by Crippen LogP contribution is 2.38. The lowest BCUT2D eigenvalue weighted by Gasteiger charge is -2.25. The Bertz CT molecular complexity index is 1220. The lowest BCUT2D eigenvalue weighted by Crippen LogP contribution is -2.18. The van der Waals surface area contributed by atoms with Gasteiger partial charge in [-0.25, -0.2) is 0 Å². The number of aliphatic imine (C=N–C) groups is 2. The average molecular weight is 442 g/mol. The van der Waals surface area contributed by atoms with Gasteiger partial charge >= 0.3 is 0 Å². The molecule has 3 nitrogen and oxygen atoms in total. The number of aromatic nitrogens is 1. The summed E-state index contributed by atoms with van der Waals surface area (Å²) < 4.78 is 3.21. The van der Waals surface area contributed by atoms with Crippen LogP contribution in [-0.2, 0) is 7.05 Å². The van der Waals surface area contributed by atoms with Crippen molar-refractivity contribution in [3.05, 3.63) is 106 Å². The topological polar surface area (TPSA) is 29.6 Å². The van der Waals surface area contributed by atoms with Crippen LogP contribution in [0.5, 0.6) is 0 Å². The highest BCUT2D eigenvalue weighted by atomic mass is 79.9. The number of halogens is 1. The molecule has 0 fully saturated rings. The molecule has 0 saturated carbocycles. The second-order valence-electron chi connectivity index (χ2n) is 7.32. The van der Waals surface area contributed by atoms with E-state index >= 15 is 0 Å². The van der Waals surface area contributed by atoms with Crippen molar-refractivity contribution in [1.29, 1.82) is 0 Å². The summed E-state index contributed by atoms with van der Waals surface area (Å²) in [4.78, 5) is 10.2. The van der Waals surface area contributed by atoms with Gasteiger partial charge in [-0.2, -0.15) is 0 Å². The summed E-state index contributed by atoms with van der Waals surface area (Å²) >= 11 is 3.61. The fourth-order valence-corrected chi connectivity index (χ4v) is 4.38. The summed E-state index contributed by atoms with van der Waals surface area (Å²) in [5.41, 5.74) is 5.58. The van der Waals surface area contributed by atoms with Crippen LogP contribution in [0.4, 0.5) is 0 Å². The Morgan fingerprint density at radius 1 is 0.828 bits per heavy atom. The molecule has 0 N–H and O–H groups in total. The summed E-state index contributed by atoms with van der Waals surface area (Å²) in [5.74, 6) is 0. The van der Waals surface area contributed by atoms with Crippen LogP contribution in [0.1, 0.15) is 28.8 Å².